The van der Waals surface area contributed by atoms with E-state index in [1.807, 2.05) is 45.0 Å². The minimum atomic E-state index is -0.712. The molecule has 0 radical (unpaired) electrons. The Labute approximate surface area is 202 Å². The van der Waals surface area contributed by atoms with Crippen molar-refractivity contribution in [3.05, 3.63) is 75.7 Å². The van der Waals surface area contributed by atoms with Crippen LogP contribution in [0.4, 0.5) is 5.69 Å². The Kier molecular flexibility index (Phi) is 8.75. The van der Waals surface area contributed by atoms with E-state index >= 15 is 0 Å². The van der Waals surface area contributed by atoms with Crippen LogP contribution >= 0.6 is 11.3 Å². The van der Waals surface area contributed by atoms with Crippen molar-refractivity contribution >= 4 is 34.8 Å². The van der Waals surface area contributed by atoms with E-state index < -0.39 is 18.5 Å². The van der Waals surface area contributed by atoms with Crippen molar-refractivity contribution in [3.63, 3.8) is 0 Å². The molecule has 9 heteroatoms. The van der Waals surface area contributed by atoms with Gasteiger partial charge in [0.1, 0.15) is 17.4 Å². The number of anilines is 1. The molecule has 0 bridgehead atoms. The number of nitrogens with one attached hydrogen (secondary N) is 2. The number of rotatable bonds is 10. The van der Waals surface area contributed by atoms with Gasteiger partial charge >= 0.3 is 5.97 Å². The molecule has 0 aliphatic heterocycles. The van der Waals surface area contributed by atoms with Crippen LogP contribution in [0.15, 0.2) is 53.9 Å². The number of carbonyl (C=O) groups is 3. The number of aryl methyl sites for hydroxylation is 1. The lowest BCUT2D eigenvalue weighted by atomic mass is 10.1. The van der Waals surface area contributed by atoms with Crippen LogP contribution in [0.25, 0.3) is 0 Å². The summed E-state index contributed by atoms with van der Waals surface area (Å²) >= 11 is 1.27. The summed E-state index contributed by atoms with van der Waals surface area (Å²) in [6, 6.07) is 14.3. The smallest absolute Gasteiger partial charge is 0.358 e. The van der Waals surface area contributed by atoms with Gasteiger partial charge in [-0.3, -0.25) is 9.59 Å². The third-order valence-electron chi connectivity index (χ3n) is 4.60. The zero-order valence-electron chi connectivity index (χ0n) is 19.3. The average molecular weight is 482 g/mol. The lowest BCUT2D eigenvalue weighted by Gasteiger charge is -2.12. The number of para-hydroxylation sites is 1. The van der Waals surface area contributed by atoms with Gasteiger partial charge in [-0.05, 0) is 37.1 Å². The molecule has 2 aromatic carbocycles. The molecule has 8 nitrogen and oxygen atoms in total. The molecule has 178 valence electrons. The quantitative estimate of drug-likeness (QED) is 0.420. The average Bonchev–Trinajstić information content (AvgIpc) is 3.30. The first-order valence-electron chi connectivity index (χ1n) is 10.8. The lowest BCUT2D eigenvalue weighted by molar-refractivity contribution is -0.119. The second-order valence-electron chi connectivity index (χ2n) is 8.00. The SMILES string of the molecule is Cc1ccc(OCc2nc(C(=O)OCC(=O)Nc3ccccc3C(=O)NCC(C)C)cs2)cc1. The summed E-state index contributed by atoms with van der Waals surface area (Å²) in [5, 5.41) is 7.60. The third-order valence-corrected chi connectivity index (χ3v) is 5.42. The molecule has 0 fully saturated rings. The molecule has 0 unspecified atom stereocenters. The molecule has 0 aliphatic carbocycles. The molecule has 0 aliphatic rings. The standard InChI is InChI=1S/C25H27N3O5S/c1-16(2)12-26-24(30)19-6-4-5-7-20(19)27-22(29)13-33-25(31)21-15-34-23(28-21)14-32-18-10-8-17(3)9-11-18/h4-11,15-16H,12-14H2,1-3H3,(H,26,30)(H,27,29). The fourth-order valence-electron chi connectivity index (χ4n) is 2.82. The number of amides is 2. The van der Waals surface area contributed by atoms with Gasteiger partial charge in [0.05, 0.1) is 11.3 Å². The molecule has 0 saturated carbocycles. The van der Waals surface area contributed by atoms with Gasteiger partial charge < -0.3 is 20.1 Å². The summed E-state index contributed by atoms with van der Waals surface area (Å²) in [7, 11) is 0. The Bertz CT molecular complexity index is 1140. The molecule has 1 heterocycles. The van der Waals surface area contributed by atoms with Crippen molar-refractivity contribution in [1.82, 2.24) is 10.3 Å². The monoisotopic (exact) mass is 481 g/mol. The number of hydrogen-bond donors (Lipinski definition) is 2. The van der Waals surface area contributed by atoms with Crippen molar-refractivity contribution in [1.29, 1.82) is 0 Å². The van der Waals surface area contributed by atoms with Gasteiger partial charge in [0.25, 0.3) is 11.8 Å². The number of hydrogen-bond acceptors (Lipinski definition) is 7. The maximum absolute atomic E-state index is 12.4. The zero-order chi connectivity index (χ0) is 24.5. The molecule has 0 saturated heterocycles. The molecule has 34 heavy (non-hydrogen) atoms. The lowest BCUT2D eigenvalue weighted by Crippen LogP contribution is -2.29. The summed E-state index contributed by atoms with van der Waals surface area (Å²) < 4.78 is 10.7. The van der Waals surface area contributed by atoms with Gasteiger partial charge in [-0.25, -0.2) is 9.78 Å². The van der Waals surface area contributed by atoms with Crippen molar-refractivity contribution in [2.24, 2.45) is 5.92 Å². The van der Waals surface area contributed by atoms with E-state index in [0.717, 1.165) is 5.56 Å². The highest BCUT2D eigenvalue weighted by Crippen LogP contribution is 2.17. The van der Waals surface area contributed by atoms with E-state index in [9.17, 15) is 14.4 Å². The second kappa shape index (κ2) is 11.9. The molecule has 3 rings (SSSR count). The van der Waals surface area contributed by atoms with E-state index in [0.29, 0.717) is 34.5 Å². The largest absolute Gasteiger partial charge is 0.486 e. The number of carbonyl (C=O) groups excluding carboxylic acids is 3. The van der Waals surface area contributed by atoms with Crippen molar-refractivity contribution in [2.45, 2.75) is 27.4 Å². The Morgan fingerprint density at radius 2 is 1.79 bits per heavy atom. The summed E-state index contributed by atoms with van der Waals surface area (Å²) in [4.78, 5) is 41.2. The highest BCUT2D eigenvalue weighted by Gasteiger charge is 2.17. The number of thiazole rings is 1. The van der Waals surface area contributed by atoms with Crippen LogP contribution in [0.3, 0.4) is 0 Å². The van der Waals surface area contributed by atoms with Gasteiger partial charge in [-0.2, -0.15) is 0 Å². The fraction of sp³-hybridized carbons (Fsp3) is 0.280. The minimum absolute atomic E-state index is 0.105. The van der Waals surface area contributed by atoms with Crippen LogP contribution in [0, 0.1) is 12.8 Å². The summed E-state index contributed by atoms with van der Waals surface area (Å²) in [5.41, 5.74) is 1.91. The molecule has 3 aromatic rings. The van der Waals surface area contributed by atoms with E-state index in [1.165, 1.54) is 11.3 Å². The highest BCUT2D eigenvalue weighted by molar-refractivity contribution is 7.09. The van der Waals surface area contributed by atoms with Gasteiger partial charge in [0, 0.05) is 11.9 Å². The minimum Gasteiger partial charge on any atom is -0.486 e. The highest BCUT2D eigenvalue weighted by atomic mass is 32.1. The Balaban J connectivity index is 1.49. The van der Waals surface area contributed by atoms with Gasteiger partial charge in [0.2, 0.25) is 0 Å². The molecular weight excluding hydrogens is 454 g/mol. The zero-order valence-corrected chi connectivity index (χ0v) is 20.1. The normalized spacial score (nSPS) is 10.6. The first-order valence-corrected chi connectivity index (χ1v) is 11.7. The van der Waals surface area contributed by atoms with Crippen molar-refractivity contribution < 1.29 is 23.9 Å². The van der Waals surface area contributed by atoms with Crippen LogP contribution in [-0.4, -0.2) is 35.9 Å². The summed E-state index contributed by atoms with van der Waals surface area (Å²) in [6.45, 7) is 6.21. The van der Waals surface area contributed by atoms with Crippen molar-refractivity contribution in [3.8, 4) is 5.75 Å². The van der Waals surface area contributed by atoms with Crippen LogP contribution in [0.2, 0.25) is 0 Å². The van der Waals surface area contributed by atoms with Gasteiger partial charge in [-0.15, -0.1) is 11.3 Å². The van der Waals surface area contributed by atoms with E-state index in [-0.39, 0.29) is 18.2 Å². The predicted molar refractivity (Wildman–Crippen MR) is 130 cm³/mol. The van der Waals surface area contributed by atoms with Gasteiger partial charge in [0.15, 0.2) is 12.3 Å². The number of ether oxygens (including phenoxy) is 2. The predicted octanol–water partition coefficient (Wildman–Crippen LogP) is 4.21. The molecule has 1 aromatic heterocycles. The molecule has 2 amide bonds. The maximum Gasteiger partial charge on any atom is 0.358 e. The maximum atomic E-state index is 12.4. The number of benzene rings is 2. The van der Waals surface area contributed by atoms with E-state index in [2.05, 4.69) is 15.6 Å². The number of aromatic nitrogens is 1. The Morgan fingerprint density at radius 3 is 2.53 bits per heavy atom. The van der Waals surface area contributed by atoms with Crippen LogP contribution in [0.1, 0.15) is 45.3 Å². The van der Waals surface area contributed by atoms with Crippen LogP contribution in [0.5, 0.6) is 5.75 Å². The molecular formula is C25H27N3O5S. The number of nitrogens with zero attached hydrogens (tertiary/aromatic N) is 1. The van der Waals surface area contributed by atoms with E-state index in [4.69, 9.17) is 9.47 Å². The summed E-state index contributed by atoms with van der Waals surface area (Å²) in [6.07, 6.45) is 0. The molecule has 0 atom stereocenters. The summed E-state index contributed by atoms with van der Waals surface area (Å²) in [5.74, 6) is -0.554. The Hall–Kier alpha value is -3.72. The van der Waals surface area contributed by atoms with Gasteiger partial charge in [-0.1, -0.05) is 43.7 Å². The van der Waals surface area contributed by atoms with Crippen LogP contribution < -0.4 is 15.4 Å². The Morgan fingerprint density at radius 1 is 1.06 bits per heavy atom. The van der Waals surface area contributed by atoms with Crippen LogP contribution in [-0.2, 0) is 16.1 Å². The second-order valence-corrected chi connectivity index (χ2v) is 8.94. The molecule has 2 N–H and O–H groups in total. The third kappa shape index (κ3) is 7.41. The first kappa shape index (κ1) is 24.9. The first-order chi connectivity index (χ1) is 16.3. The molecule has 0 spiro atoms. The fourth-order valence-corrected chi connectivity index (χ4v) is 3.50. The number of esters is 1. The topological polar surface area (TPSA) is 107 Å². The van der Waals surface area contributed by atoms with E-state index in [1.54, 1.807) is 29.6 Å². The van der Waals surface area contributed by atoms with Crippen molar-refractivity contribution in [2.75, 3.05) is 18.5 Å².